The number of benzene rings is 1. The van der Waals surface area contributed by atoms with Crippen molar-refractivity contribution in [1.82, 2.24) is 15.2 Å². The maximum absolute atomic E-state index is 4.83. The number of hydrogen-bond acceptors (Lipinski definition) is 3. The Labute approximate surface area is 178 Å². The molecule has 1 N–H and O–H groups in total. The van der Waals surface area contributed by atoms with Gasteiger partial charge in [-0.05, 0) is 37.7 Å². The second-order valence-corrected chi connectivity index (χ2v) is 7.77. The molecule has 0 radical (unpaired) electrons. The number of hydrogen-bond donors (Lipinski definition) is 1. The molecule has 0 aliphatic heterocycles. The summed E-state index contributed by atoms with van der Waals surface area (Å²) >= 11 is 1.93. The summed E-state index contributed by atoms with van der Waals surface area (Å²) in [4.78, 5) is 12.9. The molecule has 0 fully saturated rings. The fourth-order valence-corrected chi connectivity index (χ4v) is 4.47. The number of halogens is 1. The van der Waals surface area contributed by atoms with Crippen LogP contribution in [-0.4, -0.2) is 36.5 Å². The van der Waals surface area contributed by atoms with Gasteiger partial charge >= 0.3 is 0 Å². The van der Waals surface area contributed by atoms with Gasteiger partial charge in [-0.15, -0.1) is 35.3 Å². The number of guanidine groups is 1. The summed E-state index contributed by atoms with van der Waals surface area (Å²) in [5, 5.41) is 4.78. The smallest absolute Gasteiger partial charge is 0.193 e. The number of fused-ring (bicyclic) bond motifs is 1. The maximum atomic E-state index is 4.83. The maximum Gasteiger partial charge on any atom is 0.193 e. The number of thiazole rings is 1. The van der Waals surface area contributed by atoms with E-state index >= 15 is 0 Å². The number of rotatable bonds is 6. The highest BCUT2D eigenvalue weighted by Gasteiger charge is 2.14. The van der Waals surface area contributed by atoms with E-state index in [0.717, 1.165) is 31.9 Å². The van der Waals surface area contributed by atoms with Crippen LogP contribution in [-0.2, 0) is 25.8 Å². The van der Waals surface area contributed by atoms with Gasteiger partial charge < -0.3 is 10.2 Å². The predicted octanol–water partition coefficient (Wildman–Crippen LogP) is 4.28. The lowest BCUT2D eigenvalue weighted by atomic mass is 10.0. The van der Waals surface area contributed by atoms with Crippen LogP contribution in [0.4, 0.5) is 0 Å². The molecule has 3 rings (SSSR count). The van der Waals surface area contributed by atoms with E-state index in [1.54, 1.807) is 0 Å². The normalized spacial score (nSPS) is 13.7. The van der Waals surface area contributed by atoms with E-state index in [9.17, 15) is 0 Å². The standard InChI is InChI=1S/C20H28N4S.HI/c1-21-20(24(2)15-16-9-4-3-5-10-16)22-14-8-13-19-23-17-11-6-7-12-18(17)25-19;/h3-5,9-10H,6-8,11-15H2,1-2H3,(H,21,22);1H. The summed E-state index contributed by atoms with van der Waals surface area (Å²) in [5.41, 5.74) is 2.67. The molecule has 1 aliphatic rings. The van der Waals surface area contributed by atoms with Crippen molar-refractivity contribution in [3.8, 4) is 0 Å². The average molecular weight is 484 g/mol. The minimum absolute atomic E-state index is 0. The first-order valence-electron chi connectivity index (χ1n) is 9.19. The first-order valence-corrected chi connectivity index (χ1v) is 10.0. The Balaban J connectivity index is 0.00000243. The second-order valence-electron chi connectivity index (χ2n) is 6.60. The van der Waals surface area contributed by atoms with Crippen LogP contribution in [0.3, 0.4) is 0 Å². The summed E-state index contributed by atoms with van der Waals surface area (Å²) in [5.74, 6) is 0.947. The molecule has 0 spiro atoms. The predicted molar refractivity (Wildman–Crippen MR) is 122 cm³/mol. The van der Waals surface area contributed by atoms with Crippen LogP contribution in [0.1, 0.15) is 40.4 Å². The third-order valence-electron chi connectivity index (χ3n) is 4.58. The molecule has 0 amide bonds. The first kappa shape index (κ1) is 21.2. The molecule has 0 bridgehead atoms. The van der Waals surface area contributed by atoms with Gasteiger partial charge in [-0.2, -0.15) is 0 Å². The van der Waals surface area contributed by atoms with E-state index in [2.05, 4.69) is 46.5 Å². The molecule has 0 saturated heterocycles. The highest BCUT2D eigenvalue weighted by Crippen LogP contribution is 2.27. The minimum atomic E-state index is 0. The van der Waals surface area contributed by atoms with Crippen LogP contribution in [0.2, 0.25) is 0 Å². The first-order chi connectivity index (χ1) is 12.3. The third kappa shape index (κ3) is 5.94. The summed E-state index contributed by atoms with van der Waals surface area (Å²) in [6.45, 7) is 1.79. The molecule has 1 aliphatic carbocycles. The average Bonchev–Trinajstić information content (AvgIpc) is 3.05. The van der Waals surface area contributed by atoms with Crippen molar-refractivity contribution >= 4 is 41.3 Å². The molecule has 142 valence electrons. The number of aromatic nitrogens is 1. The second kappa shape index (κ2) is 10.9. The molecule has 1 aromatic carbocycles. The molecule has 2 aromatic rings. The van der Waals surface area contributed by atoms with Crippen molar-refractivity contribution in [2.24, 2.45) is 4.99 Å². The van der Waals surface area contributed by atoms with E-state index in [0.29, 0.717) is 0 Å². The molecule has 0 unspecified atom stereocenters. The largest absolute Gasteiger partial charge is 0.356 e. The van der Waals surface area contributed by atoms with Crippen molar-refractivity contribution < 1.29 is 0 Å². The summed E-state index contributed by atoms with van der Waals surface area (Å²) in [6, 6.07) is 10.5. The van der Waals surface area contributed by atoms with Crippen molar-refractivity contribution in [3.05, 3.63) is 51.5 Å². The molecular weight excluding hydrogens is 455 g/mol. The topological polar surface area (TPSA) is 40.5 Å². The Morgan fingerprint density at radius 2 is 2.00 bits per heavy atom. The molecule has 0 atom stereocenters. The summed E-state index contributed by atoms with van der Waals surface area (Å²) in [7, 11) is 3.93. The van der Waals surface area contributed by atoms with E-state index in [-0.39, 0.29) is 24.0 Å². The Bertz CT molecular complexity index is 676. The molecule has 1 heterocycles. The molecule has 26 heavy (non-hydrogen) atoms. The Morgan fingerprint density at radius 1 is 1.23 bits per heavy atom. The van der Waals surface area contributed by atoms with Gasteiger partial charge in [0.2, 0.25) is 0 Å². The lowest BCUT2D eigenvalue weighted by Crippen LogP contribution is -2.38. The lowest BCUT2D eigenvalue weighted by molar-refractivity contribution is 0.476. The lowest BCUT2D eigenvalue weighted by Gasteiger charge is -2.22. The van der Waals surface area contributed by atoms with Gasteiger partial charge in [-0.1, -0.05) is 30.3 Å². The number of nitrogens with zero attached hydrogens (tertiary/aromatic N) is 3. The van der Waals surface area contributed by atoms with Gasteiger partial charge in [-0.25, -0.2) is 4.98 Å². The van der Waals surface area contributed by atoms with Gasteiger partial charge in [-0.3, -0.25) is 4.99 Å². The van der Waals surface area contributed by atoms with E-state index < -0.39 is 0 Å². The van der Waals surface area contributed by atoms with Gasteiger partial charge in [0.15, 0.2) is 5.96 Å². The zero-order valence-electron chi connectivity index (χ0n) is 15.7. The van der Waals surface area contributed by atoms with Crippen LogP contribution in [0.25, 0.3) is 0 Å². The van der Waals surface area contributed by atoms with Crippen LogP contribution in [0.5, 0.6) is 0 Å². The summed E-state index contributed by atoms with van der Waals surface area (Å²) < 4.78 is 0. The SMILES string of the molecule is CN=C(NCCCc1nc2c(s1)CCCC2)N(C)Cc1ccccc1.I. The van der Waals surface area contributed by atoms with Crippen molar-refractivity contribution in [2.45, 2.75) is 45.1 Å². The Kier molecular flexibility index (Phi) is 8.84. The van der Waals surface area contributed by atoms with Crippen LogP contribution >= 0.6 is 35.3 Å². The molecule has 6 heteroatoms. The number of nitrogens with one attached hydrogen (secondary N) is 1. The Hall–Kier alpha value is -1.15. The van der Waals surface area contributed by atoms with Gasteiger partial charge in [0.1, 0.15) is 0 Å². The molecule has 1 aromatic heterocycles. The van der Waals surface area contributed by atoms with Gasteiger partial charge in [0, 0.05) is 38.5 Å². The minimum Gasteiger partial charge on any atom is -0.356 e. The van der Waals surface area contributed by atoms with E-state index in [1.807, 2.05) is 24.5 Å². The van der Waals surface area contributed by atoms with Crippen LogP contribution in [0.15, 0.2) is 35.3 Å². The van der Waals surface area contributed by atoms with Crippen molar-refractivity contribution in [3.63, 3.8) is 0 Å². The van der Waals surface area contributed by atoms with Crippen molar-refractivity contribution in [1.29, 1.82) is 0 Å². The van der Waals surface area contributed by atoms with Crippen LogP contribution in [0, 0.1) is 0 Å². The number of aryl methyl sites for hydroxylation is 3. The van der Waals surface area contributed by atoms with Crippen LogP contribution < -0.4 is 5.32 Å². The van der Waals surface area contributed by atoms with Gasteiger partial charge in [0.25, 0.3) is 0 Å². The van der Waals surface area contributed by atoms with Gasteiger partial charge in [0.05, 0.1) is 10.7 Å². The monoisotopic (exact) mass is 484 g/mol. The highest BCUT2D eigenvalue weighted by atomic mass is 127. The molecule has 4 nitrogen and oxygen atoms in total. The highest BCUT2D eigenvalue weighted by molar-refractivity contribution is 14.0. The van der Waals surface area contributed by atoms with E-state index in [1.165, 1.54) is 46.8 Å². The zero-order chi connectivity index (χ0) is 17.5. The van der Waals surface area contributed by atoms with Crippen molar-refractivity contribution in [2.75, 3.05) is 20.6 Å². The third-order valence-corrected chi connectivity index (χ3v) is 5.79. The summed E-state index contributed by atoms with van der Waals surface area (Å²) in [6.07, 6.45) is 7.21. The number of aliphatic imine (C=N–C) groups is 1. The Morgan fingerprint density at radius 3 is 2.73 bits per heavy atom. The molecular formula is C20H29IN4S. The molecule has 0 saturated carbocycles. The zero-order valence-corrected chi connectivity index (χ0v) is 18.8. The fraction of sp³-hybridized carbons (Fsp3) is 0.500. The fourth-order valence-electron chi connectivity index (χ4n) is 3.27. The van der Waals surface area contributed by atoms with E-state index in [4.69, 9.17) is 4.98 Å². The quantitative estimate of drug-likeness (QED) is 0.288.